The van der Waals surface area contributed by atoms with Gasteiger partial charge in [0.2, 0.25) is 11.9 Å². The van der Waals surface area contributed by atoms with Crippen molar-refractivity contribution in [2.24, 2.45) is 17.6 Å². The largest absolute Gasteiger partial charge is 0.501 e. The van der Waals surface area contributed by atoms with E-state index in [1.54, 1.807) is 7.11 Å². The van der Waals surface area contributed by atoms with E-state index in [9.17, 15) is 4.79 Å². The smallest absolute Gasteiger partial charge is 0.239 e. The third-order valence-corrected chi connectivity index (χ3v) is 7.01. The molecule has 2 heterocycles. The van der Waals surface area contributed by atoms with Crippen LogP contribution in [0.4, 0.5) is 17.3 Å². The number of rotatable bonds is 7. The Labute approximate surface area is 208 Å². The highest BCUT2D eigenvalue weighted by Gasteiger charge is 2.29. The van der Waals surface area contributed by atoms with Crippen LogP contribution >= 0.6 is 0 Å². The molecule has 0 spiro atoms. The summed E-state index contributed by atoms with van der Waals surface area (Å²) < 4.78 is 5.64. The molecule has 1 aromatic heterocycles. The number of nitrogens with two attached hydrogens (primary N) is 1. The molecular weight excluding hydrogens is 440 g/mol. The molecule has 2 aliphatic rings. The Morgan fingerprint density at radius 3 is 2.40 bits per heavy atom. The van der Waals surface area contributed by atoms with Crippen molar-refractivity contribution in [3.05, 3.63) is 53.6 Å². The average molecular weight is 479 g/mol. The molecule has 2 atom stereocenters. The lowest BCUT2D eigenvalue weighted by atomic mass is 9.83. The van der Waals surface area contributed by atoms with Crippen molar-refractivity contribution in [3.8, 4) is 0 Å². The molecule has 0 radical (unpaired) electrons. The van der Waals surface area contributed by atoms with Crippen LogP contribution in [0.5, 0.6) is 0 Å². The maximum atomic E-state index is 12.5. The number of carbonyl (C=O) groups is 1. The minimum Gasteiger partial charge on any atom is -0.501 e. The number of hydrogen-bond donors (Lipinski definition) is 2. The van der Waals surface area contributed by atoms with E-state index in [4.69, 9.17) is 15.5 Å². The van der Waals surface area contributed by atoms with Crippen LogP contribution in [-0.4, -0.2) is 60.1 Å². The van der Waals surface area contributed by atoms with Gasteiger partial charge in [0.1, 0.15) is 5.76 Å². The Morgan fingerprint density at radius 2 is 1.80 bits per heavy atom. The minimum atomic E-state index is -0.425. The number of benzene rings is 1. The molecule has 35 heavy (non-hydrogen) atoms. The number of methoxy groups -OCH3 is 1. The van der Waals surface area contributed by atoms with Crippen LogP contribution in [0.25, 0.3) is 0 Å². The number of nitrogens with zero attached hydrogens (tertiary/aromatic N) is 4. The molecule has 0 bridgehead atoms. The highest BCUT2D eigenvalue weighted by molar-refractivity contribution is 5.82. The van der Waals surface area contributed by atoms with Gasteiger partial charge in [0.25, 0.3) is 0 Å². The lowest BCUT2D eigenvalue weighted by Gasteiger charge is -2.37. The molecule has 1 fully saturated rings. The Kier molecular flexibility index (Phi) is 7.60. The normalized spacial score (nSPS) is 18.9. The number of nitrogens with one attached hydrogen (secondary N) is 1. The van der Waals surface area contributed by atoms with Crippen molar-refractivity contribution in [2.75, 3.05) is 43.5 Å². The summed E-state index contributed by atoms with van der Waals surface area (Å²) in [7, 11) is 1.73. The quantitative estimate of drug-likeness (QED) is 0.627. The van der Waals surface area contributed by atoms with E-state index >= 15 is 0 Å². The van der Waals surface area contributed by atoms with Gasteiger partial charge in [-0.25, -0.2) is 9.97 Å². The van der Waals surface area contributed by atoms with Crippen LogP contribution in [0.3, 0.4) is 0 Å². The Morgan fingerprint density at radius 1 is 1.11 bits per heavy atom. The molecule has 1 amide bonds. The fraction of sp³-hybridized carbons (Fsp3) is 0.519. The fourth-order valence-corrected chi connectivity index (χ4v) is 4.80. The predicted octanol–water partition coefficient (Wildman–Crippen LogP) is 3.68. The van der Waals surface area contributed by atoms with Gasteiger partial charge in [-0.15, -0.1) is 0 Å². The second-order valence-corrected chi connectivity index (χ2v) is 10.1. The van der Waals surface area contributed by atoms with Crippen LogP contribution in [0.2, 0.25) is 0 Å². The minimum absolute atomic E-state index is 0.0528. The van der Waals surface area contributed by atoms with E-state index < -0.39 is 6.04 Å². The summed E-state index contributed by atoms with van der Waals surface area (Å²) >= 11 is 0. The molecule has 1 aliphatic carbocycles. The monoisotopic (exact) mass is 478 g/mol. The van der Waals surface area contributed by atoms with Gasteiger partial charge in [-0.1, -0.05) is 27.7 Å². The molecule has 2 unspecified atom stereocenters. The van der Waals surface area contributed by atoms with Gasteiger partial charge in [0.05, 0.1) is 24.8 Å². The number of carbonyl (C=O) groups excluding carboxylic acids is 1. The van der Waals surface area contributed by atoms with Crippen molar-refractivity contribution in [1.82, 2.24) is 14.9 Å². The predicted molar refractivity (Wildman–Crippen MR) is 140 cm³/mol. The number of hydrogen-bond acceptors (Lipinski definition) is 7. The van der Waals surface area contributed by atoms with Gasteiger partial charge in [0, 0.05) is 43.8 Å². The molecule has 188 valence electrons. The maximum Gasteiger partial charge on any atom is 0.239 e. The van der Waals surface area contributed by atoms with E-state index in [1.165, 1.54) is 0 Å². The lowest BCUT2D eigenvalue weighted by molar-refractivity contribution is -0.133. The second-order valence-electron chi connectivity index (χ2n) is 10.1. The first-order valence-corrected chi connectivity index (χ1v) is 12.5. The van der Waals surface area contributed by atoms with Crippen LogP contribution in [0.1, 0.15) is 44.9 Å². The Hall–Kier alpha value is -3.13. The molecule has 8 heteroatoms. The van der Waals surface area contributed by atoms with Crippen LogP contribution in [0.15, 0.2) is 42.3 Å². The molecule has 8 nitrogen and oxygen atoms in total. The number of anilines is 3. The first-order chi connectivity index (χ1) is 16.8. The molecule has 2 aromatic rings. The fourth-order valence-electron chi connectivity index (χ4n) is 4.80. The highest BCUT2D eigenvalue weighted by Crippen LogP contribution is 2.37. The number of aromatic nitrogens is 2. The summed E-state index contributed by atoms with van der Waals surface area (Å²) in [6, 6.07) is 7.86. The third-order valence-electron chi connectivity index (χ3n) is 7.01. The van der Waals surface area contributed by atoms with E-state index in [-0.39, 0.29) is 17.7 Å². The zero-order valence-corrected chi connectivity index (χ0v) is 21.5. The van der Waals surface area contributed by atoms with Crippen molar-refractivity contribution in [2.45, 2.75) is 46.1 Å². The van der Waals surface area contributed by atoms with Crippen molar-refractivity contribution < 1.29 is 9.53 Å². The lowest BCUT2D eigenvalue weighted by Crippen LogP contribution is -2.54. The summed E-state index contributed by atoms with van der Waals surface area (Å²) in [6.45, 7) is 11.3. The van der Waals surface area contributed by atoms with E-state index in [0.717, 1.165) is 47.9 Å². The topological polar surface area (TPSA) is 96.6 Å². The van der Waals surface area contributed by atoms with Gasteiger partial charge in [-0.05, 0) is 54.2 Å². The average Bonchev–Trinajstić information content (AvgIpc) is 2.87. The standard InChI is InChI=1S/C27H38N6O2/c1-17(2)23-22(35-5)11-6-19-16-29-27(31-25(19)23)30-20-7-9-21(10-8-20)32-12-14-33(15-13-32)26(34)24(28)18(3)4/h7-11,16-18,23-24H,6,12-15,28H2,1-5H3,(H,29,30,31). The molecule has 1 saturated heterocycles. The highest BCUT2D eigenvalue weighted by atomic mass is 16.5. The molecule has 3 N–H and O–H groups in total. The van der Waals surface area contributed by atoms with Gasteiger partial charge in [-0.3, -0.25) is 4.79 Å². The summed E-state index contributed by atoms with van der Waals surface area (Å²) in [5.41, 5.74) is 10.3. The number of amides is 1. The van der Waals surface area contributed by atoms with Crippen molar-refractivity contribution in [3.63, 3.8) is 0 Å². The van der Waals surface area contributed by atoms with Gasteiger partial charge in [0.15, 0.2) is 0 Å². The Balaban J connectivity index is 1.39. The van der Waals surface area contributed by atoms with E-state index in [1.807, 2.05) is 37.1 Å². The number of allylic oxidation sites excluding steroid dienone is 2. The summed E-state index contributed by atoms with van der Waals surface area (Å²) in [6.07, 6.45) is 4.85. The molecule has 1 aromatic carbocycles. The summed E-state index contributed by atoms with van der Waals surface area (Å²) in [5.74, 6) is 2.28. The molecule has 4 rings (SSSR count). The molecule has 0 saturated carbocycles. The number of ether oxygens (including phenoxy) is 1. The van der Waals surface area contributed by atoms with Gasteiger partial charge < -0.3 is 25.6 Å². The second kappa shape index (κ2) is 10.6. The number of piperazine rings is 1. The zero-order chi connectivity index (χ0) is 25.1. The van der Waals surface area contributed by atoms with E-state index in [0.29, 0.717) is 25.0 Å². The van der Waals surface area contributed by atoms with Crippen LogP contribution in [-0.2, 0) is 16.0 Å². The van der Waals surface area contributed by atoms with Gasteiger partial charge in [-0.2, -0.15) is 0 Å². The van der Waals surface area contributed by atoms with Crippen LogP contribution in [0, 0.1) is 11.8 Å². The van der Waals surface area contributed by atoms with Crippen LogP contribution < -0.4 is 16.0 Å². The molecule has 1 aliphatic heterocycles. The molecular formula is C27H38N6O2. The van der Waals surface area contributed by atoms with Gasteiger partial charge >= 0.3 is 0 Å². The maximum absolute atomic E-state index is 12.5. The summed E-state index contributed by atoms with van der Waals surface area (Å²) in [4.78, 5) is 26.1. The summed E-state index contributed by atoms with van der Waals surface area (Å²) in [5, 5.41) is 3.35. The third kappa shape index (κ3) is 5.42. The SMILES string of the molecule is COC1=CCc2cnc(Nc3ccc(N4CCN(C(=O)C(N)C(C)C)CC4)cc3)nc2C1C(C)C. The number of fused-ring (bicyclic) bond motifs is 1. The van der Waals surface area contributed by atoms with E-state index in [2.05, 4.69) is 47.3 Å². The first kappa shape index (κ1) is 25.0. The van der Waals surface area contributed by atoms with Crippen molar-refractivity contribution in [1.29, 1.82) is 0 Å². The zero-order valence-electron chi connectivity index (χ0n) is 21.5. The van der Waals surface area contributed by atoms with Crippen molar-refractivity contribution >= 4 is 23.2 Å². The Bertz CT molecular complexity index is 1060. The first-order valence-electron chi connectivity index (χ1n) is 12.5.